The number of hydrogen-bond acceptors (Lipinski definition) is 5. The van der Waals surface area contributed by atoms with Crippen molar-refractivity contribution in [2.24, 2.45) is 0 Å². The first kappa shape index (κ1) is 15.4. The van der Waals surface area contributed by atoms with Gasteiger partial charge in [-0.25, -0.2) is 0 Å². The molecular formula is C14H19N3O4. The molecule has 1 aromatic rings. The highest BCUT2D eigenvalue weighted by Gasteiger charge is 2.40. The maximum absolute atomic E-state index is 11.8. The van der Waals surface area contributed by atoms with E-state index in [9.17, 15) is 20.0 Å². The third kappa shape index (κ3) is 3.99. The van der Waals surface area contributed by atoms with Crippen molar-refractivity contribution in [3.63, 3.8) is 0 Å². The average molecular weight is 293 g/mol. The standard InChI is InChI=1S/C14H19N3O4/c1-2-7-14(19)9-16(10-14)8-13(18)15-11-3-5-12(6-4-11)17(20)21/h3-6,19H,2,7-10H2,1H3,(H,15,18). The number of β-amino-alcohol motifs (C(OH)–C–C–N with tert-alkyl or cyclic N) is 1. The second-order valence-electron chi connectivity index (χ2n) is 5.47. The van der Waals surface area contributed by atoms with E-state index in [2.05, 4.69) is 5.32 Å². The van der Waals surface area contributed by atoms with Gasteiger partial charge in [0.25, 0.3) is 5.69 Å². The van der Waals surface area contributed by atoms with E-state index in [0.717, 1.165) is 12.8 Å². The van der Waals surface area contributed by atoms with Crippen LogP contribution in [0.4, 0.5) is 11.4 Å². The number of rotatable bonds is 6. The number of non-ortho nitro benzene ring substituents is 1. The minimum atomic E-state index is -0.650. The Hall–Kier alpha value is -1.99. The summed E-state index contributed by atoms with van der Waals surface area (Å²) in [4.78, 5) is 23.7. The highest BCUT2D eigenvalue weighted by Crippen LogP contribution is 2.25. The molecule has 0 atom stereocenters. The van der Waals surface area contributed by atoms with Gasteiger partial charge < -0.3 is 10.4 Å². The van der Waals surface area contributed by atoms with Gasteiger partial charge in [-0.2, -0.15) is 0 Å². The smallest absolute Gasteiger partial charge is 0.269 e. The average Bonchev–Trinajstić information content (AvgIpc) is 2.37. The molecule has 0 spiro atoms. The zero-order valence-electron chi connectivity index (χ0n) is 11.9. The summed E-state index contributed by atoms with van der Waals surface area (Å²) in [6, 6.07) is 5.69. The molecule has 7 nitrogen and oxygen atoms in total. The van der Waals surface area contributed by atoms with Gasteiger partial charge in [0.15, 0.2) is 0 Å². The van der Waals surface area contributed by atoms with Crippen LogP contribution in [0.15, 0.2) is 24.3 Å². The molecule has 0 radical (unpaired) electrons. The molecule has 1 aliphatic heterocycles. The Bertz CT molecular complexity index is 524. The van der Waals surface area contributed by atoms with Crippen LogP contribution < -0.4 is 5.32 Å². The van der Waals surface area contributed by atoms with Gasteiger partial charge in [-0.1, -0.05) is 13.3 Å². The second-order valence-corrected chi connectivity index (χ2v) is 5.47. The molecule has 2 N–H and O–H groups in total. The van der Waals surface area contributed by atoms with Gasteiger partial charge in [-0.15, -0.1) is 0 Å². The molecule has 1 saturated heterocycles. The molecular weight excluding hydrogens is 274 g/mol. The first-order valence-electron chi connectivity index (χ1n) is 6.91. The van der Waals surface area contributed by atoms with Crippen LogP contribution in [0.3, 0.4) is 0 Å². The number of nitro groups is 1. The summed E-state index contributed by atoms with van der Waals surface area (Å²) in [5, 5.41) is 23.2. The molecule has 0 unspecified atom stereocenters. The monoisotopic (exact) mass is 293 g/mol. The van der Waals surface area contributed by atoms with E-state index in [1.807, 2.05) is 11.8 Å². The summed E-state index contributed by atoms with van der Waals surface area (Å²) < 4.78 is 0. The van der Waals surface area contributed by atoms with Crippen LogP contribution >= 0.6 is 0 Å². The number of nitrogens with zero attached hydrogens (tertiary/aromatic N) is 2. The zero-order chi connectivity index (χ0) is 15.5. The molecule has 0 aromatic heterocycles. The van der Waals surface area contributed by atoms with E-state index in [1.165, 1.54) is 24.3 Å². The Balaban J connectivity index is 1.79. The fraction of sp³-hybridized carbons (Fsp3) is 0.500. The van der Waals surface area contributed by atoms with E-state index >= 15 is 0 Å². The SMILES string of the molecule is CCCC1(O)CN(CC(=O)Nc2ccc([N+](=O)[O-])cc2)C1. The largest absolute Gasteiger partial charge is 0.387 e. The van der Waals surface area contributed by atoms with Crippen LogP contribution in [0, 0.1) is 10.1 Å². The Morgan fingerprint density at radius 1 is 1.43 bits per heavy atom. The first-order chi connectivity index (χ1) is 9.92. The van der Waals surface area contributed by atoms with Crippen molar-refractivity contribution in [2.75, 3.05) is 25.0 Å². The molecule has 0 aliphatic carbocycles. The van der Waals surface area contributed by atoms with E-state index in [1.54, 1.807) is 0 Å². The van der Waals surface area contributed by atoms with Crippen LogP contribution in [0.5, 0.6) is 0 Å². The Labute approximate surface area is 122 Å². The molecule has 1 aliphatic rings. The van der Waals surface area contributed by atoms with Gasteiger partial charge in [0.2, 0.25) is 5.91 Å². The molecule has 0 saturated carbocycles. The predicted molar refractivity (Wildman–Crippen MR) is 78.0 cm³/mol. The number of anilines is 1. The number of nitro benzene ring substituents is 1. The van der Waals surface area contributed by atoms with Gasteiger partial charge >= 0.3 is 0 Å². The van der Waals surface area contributed by atoms with Crippen molar-refractivity contribution >= 4 is 17.3 Å². The summed E-state index contributed by atoms with van der Waals surface area (Å²) >= 11 is 0. The van der Waals surface area contributed by atoms with E-state index in [-0.39, 0.29) is 18.1 Å². The lowest BCUT2D eigenvalue weighted by Crippen LogP contribution is -2.62. The molecule has 114 valence electrons. The molecule has 1 fully saturated rings. The molecule has 1 amide bonds. The maximum Gasteiger partial charge on any atom is 0.269 e. The van der Waals surface area contributed by atoms with Gasteiger partial charge in [-0.05, 0) is 18.6 Å². The second kappa shape index (κ2) is 6.19. The lowest BCUT2D eigenvalue weighted by molar-refractivity contribution is -0.384. The van der Waals surface area contributed by atoms with Crippen LogP contribution in [-0.4, -0.2) is 46.1 Å². The first-order valence-corrected chi connectivity index (χ1v) is 6.91. The lowest BCUT2D eigenvalue weighted by atomic mass is 9.89. The Morgan fingerprint density at radius 2 is 2.05 bits per heavy atom. The van der Waals surface area contributed by atoms with Gasteiger partial charge in [0.1, 0.15) is 0 Å². The molecule has 2 rings (SSSR count). The minimum Gasteiger partial charge on any atom is -0.387 e. The highest BCUT2D eigenvalue weighted by atomic mass is 16.6. The predicted octanol–water partition coefficient (Wildman–Crippen LogP) is 1.38. The van der Waals surface area contributed by atoms with Crippen LogP contribution in [0.2, 0.25) is 0 Å². The van der Waals surface area contributed by atoms with Crippen molar-refractivity contribution in [3.05, 3.63) is 34.4 Å². The number of aliphatic hydroxyl groups is 1. The number of hydrogen-bond donors (Lipinski definition) is 2. The molecule has 1 aromatic carbocycles. The van der Waals surface area contributed by atoms with E-state index in [4.69, 9.17) is 0 Å². The summed E-state index contributed by atoms with van der Waals surface area (Å²) in [6.07, 6.45) is 1.66. The minimum absolute atomic E-state index is 0.0135. The number of benzene rings is 1. The van der Waals surface area contributed by atoms with Crippen molar-refractivity contribution in [1.82, 2.24) is 4.90 Å². The Morgan fingerprint density at radius 3 is 2.57 bits per heavy atom. The van der Waals surface area contributed by atoms with Gasteiger partial charge in [-0.3, -0.25) is 19.8 Å². The number of nitrogens with one attached hydrogen (secondary N) is 1. The zero-order valence-corrected chi connectivity index (χ0v) is 11.9. The highest BCUT2D eigenvalue weighted by molar-refractivity contribution is 5.92. The maximum atomic E-state index is 11.8. The third-order valence-corrected chi connectivity index (χ3v) is 3.48. The number of amides is 1. The van der Waals surface area contributed by atoms with Gasteiger partial charge in [0.05, 0.1) is 17.1 Å². The third-order valence-electron chi connectivity index (χ3n) is 3.48. The number of likely N-dealkylation sites (tertiary alicyclic amines) is 1. The van der Waals surface area contributed by atoms with Crippen molar-refractivity contribution < 1.29 is 14.8 Å². The van der Waals surface area contributed by atoms with E-state index < -0.39 is 10.5 Å². The summed E-state index contributed by atoms with van der Waals surface area (Å²) in [5.74, 6) is -0.192. The summed E-state index contributed by atoms with van der Waals surface area (Å²) in [6.45, 7) is 3.24. The quantitative estimate of drug-likeness (QED) is 0.610. The molecule has 21 heavy (non-hydrogen) atoms. The number of carbonyl (C=O) groups excluding carboxylic acids is 1. The van der Waals surface area contributed by atoms with Crippen molar-refractivity contribution in [2.45, 2.75) is 25.4 Å². The summed E-state index contributed by atoms with van der Waals surface area (Å²) in [5.41, 5.74) is -0.141. The van der Waals surface area contributed by atoms with Crippen LogP contribution in [0.1, 0.15) is 19.8 Å². The lowest BCUT2D eigenvalue weighted by Gasteiger charge is -2.46. The topological polar surface area (TPSA) is 95.7 Å². The fourth-order valence-corrected chi connectivity index (χ4v) is 2.59. The van der Waals surface area contributed by atoms with Crippen LogP contribution in [-0.2, 0) is 4.79 Å². The molecule has 1 heterocycles. The fourth-order valence-electron chi connectivity index (χ4n) is 2.59. The molecule has 0 bridgehead atoms. The van der Waals surface area contributed by atoms with E-state index in [0.29, 0.717) is 18.8 Å². The van der Waals surface area contributed by atoms with Crippen molar-refractivity contribution in [1.29, 1.82) is 0 Å². The van der Waals surface area contributed by atoms with Gasteiger partial charge in [0, 0.05) is 30.9 Å². The summed E-state index contributed by atoms with van der Waals surface area (Å²) in [7, 11) is 0. The van der Waals surface area contributed by atoms with Crippen LogP contribution in [0.25, 0.3) is 0 Å². The van der Waals surface area contributed by atoms with Crippen molar-refractivity contribution in [3.8, 4) is 0 Å². The molecule has 7 heteroatoms. The normalized spacial score (nSPS) is 17.0. The number of carbonyl (C=O) groups is 1. The Kier molecular flexibility index (Phi) is 4.54.